The van der Waals surface area contributed by atoms with E-state index in [1.165, 1.54) is 12.4 Å². The molecule has 0 aliphatic rings. The van der Waals surface area contributed by atoms with E-state index in [1.807, 2.05) is 50.2 Å². The predicted octanol–water partition coefficient (Wildman–Crippen LogP) is 8.23. The van der Waals surface area contributed by atoms with E-state index >= 15 is 0 Å². The Labute approximate surface area is 415 Å². The molecule has 0 aliphatic heterocycles. The maximum Gasteiger partial charge on any atom is 0.320 e. The van der Waals surface area contributed by atoms with Crippen LogP contribution in [0.4, 0.5) is 0 Å². The highest BCUT2D eigenvalue weighted by atomic mass is 35.5. The van der Waals surface area contributed by atoms with Gasteiger partial charge >= 0.3 is 11.9 Å². The van der Waals surface area contributed by atoms with E-state index in [-0.39, 0.29) is 75.6 Å². The summed E-state index contributed by atoms with van der Waals surface area (Å²) in [7, 11) is 0. The van der Waals surface area contributed by atoms with Crippen LogP contribution in [0.2, 0.25) is 10.0 Å². The topological polar surface area (TPSA) is 250 Å². The van der Waals surface area contributed by atoms with Crippen molar-refractivity contribution in [3.8, 4) is 34.1 Å². The third kappa shape index (κ3) is 14.1. The first kappa shape index (κ1) is 52.5. The molecule has 0 spiro atoms. The summed E-state index contributed by atoms with van der Waals surface area (Å²) in [6, 6.07) is 20.1. The van der Waals surface area contributed by atoms with Gasteiger partial charge in [0.25, 0.3) is 0 Å². The Morgan fingerprint density at radius 2 is 0.986 bits per heavy atom. The lowest BCUT2D eigenvalue weighted by atomic mass is 9.92. The molecule has 366 valence electrons. The molecule has 2 heterocycles. The minimum atomic E-state index is -1.10. The molecule has 16 nitrogen and oxygen atoms in total. The number of aliphatic hydroxyl groups is 2. The van der Waals surface area contributed by atoms with Gasteiger partial charge in [-0.2, -0.15) is 0 Å². The molecule has 4 aromatic carbocycles. The van der Waals surface area contributed by atoms with Crippen LogP contribution in [-0.2, 0) is 49.1 Å². The van der Waals surface area contributed by atoms with E-state index in [0.29, 0.717) is 56.4 Å². The van der Waals surface area contributed by atoms with Crippen molar-refractivity contribution in [1.29, 1.82) is 10.8 Å². The third-order valence-electron chi connectivity index (χ3n) is 11.4. The van der Waals surface area contributed by atoms with E-state index in [9.17, 15) is 30.0 Å². The Bertz CT molecular complexity index is 2620. The van der Waals surface area contributed by atoms with Gasteiger partial charge in [0, 0.05) is 109 Å². The molecule has 0 amide bonds. The summed E-state index contributed by atoms with van der Waals surface area (Å²) in [5.41, 5.74) is 9.46. The van der Waals surface area contributed by atoms with Crippen LogP contribution in [-0.4, -0.2) is 80.1 Å². The number of carboxylic acid groups (broad SMARTS) is 2. The molecule has 0 unspecified atom stereocenters. The van der Waals surface area contributed by atoms with Gasteiger partial charge in [-0.15, -0.1) is 0 Å². The average Bonchev–Trinajstić information content (AvgIpc) is 3.35. The second kappa shape index (κ2) is 25.6. The number of benzene rings is 4. The van der Waals surface area contributed by atoms with Crippen molar-refractivity contribution in [3.63, 3.8) is 0 Å². The zero-order valence-corrected chi connectivity index (χ0v) is 40.0. The van der Waals surface area contributed by atoms with Crippen molar-refractivity contribution >= 4 is 47.6 Å². The van der Waals surface area contributed by atoms with Gasteiger partial charge in [-0.3, -0.25) is 19.6 Å². The highest BCUT2D eigenvalue weighted by Crippen LogP contribution is 2.37. The number of halogens is 2. The Kier molecular flexibility index (Phi) is 19.2. The molecule has 0 aliphatic carbocycles. The van der Waals surface area contributed by atoms with Gasteiger partial charge in [0.1, 0.15) is 61.5 Å². The van der Waals surface area contributed by atoms with Crippen LogP contribution < -0.4 is 29.6 Å². The van der Waals surface area contributed by atoms with Crippen molar-refractivity contribution in [2.24, 2.45) is 0 Å². The zero-order valence-electron chi connectivity index (χ0n) is 38.5. The number of aromatic nitrogens is 2. The first-order chi connectivity index (χ1) is 33.8. The lowest BCUT2D eigenvalue weighted by molar-refractivity contribution is -0.140. The quantitative estimate of drug-likeness (QED) is 0.0227. The van der Waals surface area contributed by atoms with Gasteiger partial charge in [0.05, 0.1) is 10.0 Å². The number of nitrogens with zero attached hydrogens (tertiary/aromatic N) is 2. The summed E-state index contributed by atoms with van der Waals surface area (Å²) in [5, 5.41) is 59.8. The summed E-state index contributed by atoms with van der Waals surface area (Å²) < 4.78 is 25.2. The van der Waals surface area contributed by atoms with Gasteiger partial charge in [0.2, 0.25) is 0 Å². The van der Waals surface area contributed by atoms with Crippen LogP contribution in [0.5, 0.6) is 23.0 Å². The number of ether oxygens (including phenoxy) is 4. The fourth-order valence-corrected chi connectivity index (χ4v) is 7.98. The number of hydrogen-bond donors (Lipinski definition) is 8. The lowest BCUT2D eigenvalue weighted by Crippen LogP contribution is -2.37. The van der Waals surface area contributed by atoms with Gasteiger partial charge in [0.15, 0.2) is 0 Å². The van der Waals surface area contributed by atoms with Crippen molar-refractivity contribution in [2.75, 3.05) is 13.2 Å². The van der Waals surface area contributed by atoms with Crippen LogP contribution in [0.1, 0.15) is 68.5 Å². The first-order valence-corrected chi connectivity index (χ1v) is 22.9. The summed E-state index contributed by atoms with van der Waals surface area (Å²) in [5.74, 6) is -0.734. The number of carbonyl (C=O) groups is 2. The Morgan fingerprint density at radius 3 is 1.36 bits per heavy atom. The Balaban J connectivity index is 1.21. The van der Waals surface area contributed by atoms with Crippen LogP contribution in [0, 0.1) is 24.7 Å². The normalized spacial score (nSPS) is 11.9. The summed E-state index contributed by atoms with van der Waals surface area (Å²) >= 11 is 13.6. The molecule has 70 heavy (non-hydrogen) atoms. The Morgan fingerprint density at radius 1 is 0.586 bits per heavy atom. The van der Waals surface area contributed by atoms with E-state index in [0.717, 1.165) is 33.4 Å². The zero-order chi connectivity index (χ0) is 50.2. The number of nitrogens with one attached hydrogen (secondary N) is 4. The second-order valence-electron chi connectivity index (χ2n) is 16.2. The number of carboxylic acids is 2. The molecule has 8 N–H and O–H groups in total. The average molecular weight is 994 g/mol. The molecular weight excluding hydrogens is 940 g/mol. The number of rotatable bonds is 27. The van der Waals surface area contributed by atoms with Crippen LogP contribution in [0.3, 0.4) is 0 Å². The molecule has 0 bridgehead atoms. The fourth-order valence-electron chi connectivity index (χ4n) is 7.50. The predicted molar refractivity (Wildman–Crippen MR) is 266 cm³/mol. The molecule has 0 radical (unpaired) electrons. The molecule has 18 heteroatoms. The molecule has 0 saturated carbocycles. The summed E-state index contributed by atoms with van der Waals surface area (Å²) in [6.07, 6.45) is 8.79. The van der Waals surface area contributed by atoms with Gasteiger partial charge < -0.3 is 60.8 Å². The van der Waals surface area contributed by atoms with E-state index in [4.69, 9.17) is 53.0 Å². The molecule has 0 saturated heterocycles. The van der Waals surface area contributed by atoms with Crippen LogP contribution >= 0.6 is 23.2 Å². The van der Waals surface area contributed by atoms with E-state index in [1.54, 1.807) is 61.2 Å². The van der Waals surface area contributed by atoms with Crippen molar-refractivity contribution < 1.29 is 49.0 Å². The van der Waals surface area contributed by atoms with Gasteiger partial charge in [-0.1, -0.05) is 59.6 Å². The lowest BCUT2D eigenvalue weighted by Gasteiger charge is -2.20. The molecule has 6 rings (SSSR count). The smallest absolute Gasteiger partial charge is 0.320 e. The third-order valence-corrected chi connectivity index (χ3v) is 12.0. The molecule has 2 aromatic heterocycles. The SMILES string of the molecule is Cc1c(COc2cc(OCc3cncc(C=N)c3)c(CN[C@H](CCO)C(=O)O)cc2Cl)cccc1-c1cccc(COc2cc(OCc3cncc(C=N)c3)c(CN[C@H](CCO)C(=O)O)cc2Cl)c1C. The number of hydrogen-bond acceptors (Lipinski definition) is 14. The summed E-state index contributed by atoms with van der Waals surface area (Å²) in [6.45, 7) is 4.07. The minimum Gasteiger partial charge on any atom is -0.488 e. The second-order valence-corrected chi connectivity index (χ2v) is 17.0. The van der Waals surface area contributed by atoms with Crippen LogP contribution in [0.25, 0.3) is 11.1 Å². The Hall–Kier alpha value is -6.92. The highest BCUT2D eigenvalue weighted by Gasteiger charge is 2.21. The first-order valence-electron chi connectivity index (χ1n) is 22.2. The highest BCUT2D eigenvalue weighted by molar-refractivity contribution is 6.32. The molecule has 2 atom stereocenters. The maximum absolute atomic E-state index is 11.8. The fraction of sp³-hybridized carbons (Fsp3) is 0.269. The number of pyridine rings is 2. The van der Waals surface area contributed by atoms with E-state index in [2.05, 4.69) is 20.6 Å². The van der Waals surface area contributed by atoms with Crippen molar-refractivity contribution in [2.45, 2.75) is 78.3 Å². The monoisotopic (exact) mass is 992 g/mol. The molecule has 6 aromatic rings. The molecule has 0 fully saturated rings. The van der Waals surface area contributed by atoms with E-state index < -0.39 is 24.0 Å². The van der Waals surface area contributed by atoms with Crippen molar-refractivity contribution in [3.05, 3.63) is 163 Å². The summed E-state index contributed by atoms with van der Waals surface area (Å²) in [4.78, 5) is 32.0. The van der Waals surface area contributed by atoms with Crippen LogP contribution in [0.15, 0.2) is 97.6 Å². The maximum atomic E-state index is 11.8. The van der Waals surface area contributed by atoms with Gasteiger partial charge in [-0.25, -0.2) is 0 Å². The standard InChI is InChI=1S/C52H54Cl2N6O10/c1-31-37(29-69-49-17-47(67-27-35-13-33(19-55)21-57-23-35)39(15-43(49)53)25-59-45(9-11-61)51(63)64)5-3-7-41(31)42-8-4-6-38(32(42)2)30-70-50-18-48(68-28-36-14-34(20-56)22-58-24-36)40(16-44(50)54)26-60-46(10-12-62)52(65)66/h3-8,13-24,45-46,55-56,59-62H,9-12,25-30H2,1-2H3,(H,63,64)(H,65,66)/t45-,46-/m1/s1. The number of aliphatic carboxylic acids is 2. The largest absolute Gasteiger partial charge is 0.488 e. The van der Waals surface area contributed by atoms with Crippen molar-refractivity contribution in [1.82, 2.24) is 20.6 Å². The van der Waals surface area contributed by atoms with Gasteiger partial charge in [-0.05, 0) is 84.3 Å². The minimum absolute atomic E-state index is 0.00871. The molecular formula is C52H54Cl2N6O10. The number of aliphatic hydroxyl groups excluding tert-OH is 2.